The lowest BCUT2D eigenvalue weighted by molar-refractivity contribution is 0.457. The van der Waals surface area contributed by atoms with Crippen LogP contribution in [-0.2, 0) is 13.6 Å². The summed E-state index contributed by atoms with van der Waals surface area (Å²) in [7, 11) is 2.12. The number of hydrogen-bond acceptors (Lipinski definition) is 1. The molecule has 0 saturated carbocycles. The first-order valence-corrected chi connectivity index (χ1v) is 7.84. The second-order valence-electron chi connectivity index (χ2n) is 6.39. The molecule has 0 fully saturated rings. The topological polar surface area (TPSA) is 17.0 Å². The third kappa shape index (κ3) is 3.86. The number of hydrogen-bond donors (Lipinski definition) is 1. The van der Waals surface area contributed by atoms with E-state index in [9.17, 15) is 0 Å². The predicted octanol–water partition coefficient (Wildman–Crippen LogP) is 4.48. The number of benzene rings is 1. The molecule has 0 saturated heterocycles. The highest BCUT2D eigenvalue weighted by atomic mass is 14.9. The zero-order valence-corrected chi connectivity index (χ0v) is 13.3. The van der Waals surface area contributed by atoms with Crippen molar-refractivity contribution in [3.8, 4) is 0 Å². The van der Waals surface area contributed by atoms with E-state index in [1.54, 1.807) is 0 Å². The SMILES string of the molecule is CC(C)CCCC(C)NCc1cn(C)c2ccccc12. The van der Waals surface area contributed by atoms with Gasteiger partial charge in [-0.25, -0.2) is 0 Å². The van der Waals surface area contributed by atoms with Crippen LogP contribution >= 0.6 is 0 Å². The average Bonchev–Trinajstić information content (AvgIpc) is 2.73. The minimum absolute atomic E-state index is 0.590. The summed E-state index contributed by atoms with van der Waals surface area (Å²) >= 11 is 0. The van der Waals surface area contributed by atoms with Gasteiger partial charge in [0.25, 0.3) is 0 Å². The van der Waals surface area contributed by atoms with Gasteiger partial charge in [-0.15, -0.1) is 0 Å². The van der Waals surface area contributed by atoms with Crippen LogP contribution in [0.25, 0.3) is 10.9 Å². The molecule has 110 valence electrons. The van der Waals surface area contributed by atoms with E-state index < -0.39 is 0 Å². The molecule has 0 radical (unpaired) electrons. The van der Waals surface area contributed by atoms with E-state index in [1.807, 2.05) is 0 Å². The monoisotopic (exact) mass is 272 g/mol. The van der Waals surface area contributed by atoms with E-state index >= 15 is 0 Å². The molecule has 0 amide bonds. The number of rotatable bonds is 7. The molecule has 1 aromatic carbocycles. The number of aromatic nitrogens is 1. The molecule has 1 unspecified atom stereocenters. The van der Waals surface area contributed by atoms with Crippen LogP contribution in [0.3, 0.4) is 0 Å². The zero-order chi connectivity index (χ0) is 14.5. The fraction of sp³-hybridized carbons (Fsp3) is 0.556. The van der Waals surface area contributed by atoms with Crippen molar-refractivity contribution in [1.29, 1.82) is 0 Å². The quantitative estimate of drug-likeness (QED) is 0.786. The Labute approximate surface area is 123 Å². The van der Waals surface area contributed by atoms with E-state index in [2.05, 4.69) is 68.2 Å². The van der Waals surface area contributed by atoms with Crippen LogP contribution < -0.4 is 5.32 Å². The molecular weight excluding hydrogens is 244 g/mol. The molecule has 1 aromatic heterocycles. The third-order valence-corrected chi connectivity index (χ3v) is 4.04. The minimum Gasteiger partial charge on any atom is -0.350 e. The van der Waals surface area contributed by atoms with Crippen molar-refractivity contribution in [2.45, 2.75) is 52.6 Å². The fourth-order valence-electron chi connectivity index (χ4n) is 2.78. The fourth-order valence-corrected chi connectivity index (χ4v) is 2.78. The molecule has 2 aromatic rings. The first kappa shape index (κ1) is 15.1. The molecule has 0 aliphatic heterocycles. The lowest BCUT2D eigenvalue weighted by atomic mass is 10.0. The maximum atomic E-state index is 3.66. The normalized spacial score (nSPS) is 13.2. The molecular formula is C18H28N2. The molecule has 2 heteroatoms. The first-order chi connectivity index (χ1) is 9.58. The van der Waals surface area contributed by atoms with Crippen LogP contribution in [0.5, 0.6) is 0 Å². The zero-order valence-electron chi connectivity index (χ0n) is 13.3. The standard InChI is InChI=1S/C18H28N2/c1-14(2)8-7-9-15(3)19-12-16-13-20(4)18-11-6-5-10-17(16)18/h5-6,10-11,13-15,19H,7-9,12H2,1-4H3. The second-order valence-corrected chi connectivity index (χ2v) is 6.39. The number of fused-ring (bicyclic) bond motifs is 1. The molecule has 20 heavy (non-hydrogen) atoms. The Balaban J connectivity index is 1.89. The van der Waals surface area contributed by atoms with Crippen LogP contribution in [-0.4, -0.2) is 10.6 Å². The number of aryl methyl sites for hydroxylation is 1. The lowest BCUT2D eigenvalue weighted by Crippen LogP contribution is -2.25. The summed E-state index contributed by atoms with van der Waals surface area (Å²) in [4.78, 5) is 0. The van der Waals surface area contributed by atoms with Gasteiger partial charge in [-0.1, -0.05) is 44.9 Å². The van der Waals surface area contributed by atoms with Crippen molar-refractivity contribution in [3.05, 3.63) is 36.0 Å². The van der Waals surface area contributed by atoms with Crippen molar-refractivity contribution in [2.75, 3.05) is 0 Å². The Morgan fingerprint density at radius 3 is 2.60 bits per heavy atom. The number of nitrogens with one attached hydrogen (secondary N) is 1. The Morgan fingerprint density at radius 1 is 1.10 bits per heavy atom. The Bertz CT molecular complexity index is 539. The van der Waals surface area contributed by atoms with Crippen LogP contribution in [0.1, 0.15) is 45.6 Å². The van der Waals surface area contributed by atoms with Crippen LogP contribution in [0, 0.1) is 5.92 Å². The number of para-hydroxylation sites is 1. The molecule has 2 rings (SSSR count). The highest BCUT2D eigenvalue weighted by Crippen LogP contribution is 2.20. The van der Waals surface area contributed by atoms with E-state index in [0.29, 0.717) is 6.04 Å². The van der Waals surface area contributed by atoms with Crippen molar-refractivity contribution >= 4 is 10.9 Å². The molecule has 1 N–H and O–H groups in total. The summed E-state index contributed by atoms with van der Waals surface area (Å²) in [5, 5.41) is 5.04. The summed E-state index contributed by atoms with van der Waals surface area (Å²) in [5.74, 6) is 0.820. The van der Waals surface area contributed by atoms with Crippen molar-refractivity contribution in [1.82, 2.24) is 9.88 Å². The Kier molecular flexibility index (Phi) is 5.24. The maximum absolute atomic E-state index is 3.66. The van der Waals surface area contributed by atoms with Crippen molar-refractivity contribution < 1.29 is 0 Å². The van der Waals surface area contributed by atoms with Gasteiger partial charge in [-0.05, 0) is 30.9 Å². The number of nitrogens with zero attached hydrogens (tertiary/aromatic N) is 1. The Hall–Kier alpha value is -1.28. The van der Waals surface area contributed by atoms with Crippen LogP contribution in [0.15, 0.2) is 30.5 Å². The minimum atomic E-state index is 0.590. The van der Waals surface area contributed by atoms with Gasteiger partial charge in [-0.2, -0.15) is 0 Å². The molecule has 0 spiro atoms. The predicted molar refractivity (Wildman–Crippen MR) is 87.9 cm³/mol. The van der Waals surface area contributed by atoms with Crippen LogP contribution in [0.4, 0.5) is 0 Å². The summed E-state index contributed by atoms with van der Waals surface area (Å²) in [6.07, 6.45) is 6.17. The molecule has 2 nitrogen and oxygen atoms in total. The molecule has 0 aliphatic carbocycles. The lowest BCUT2D eigenvalue weighted by Gasteiger charge is -2.14. The highest BCUT2D eigenvalue weighted by Gasteiger charge is 2.07. The van der Waals surface area contributed by atoms with Gasteiger partial charge in [0.1, 0.15) is 0 Å². The summed E-state index contributed by atoms with van der Waals surface area (Å²) in [6.45, 7) is 7.86. The van der Waals surface area contributed by atoms with Crippen molar-refractivity contribution in [2.24, 2.45) is 13.0 Å². The summed E-state index contributed by atoms with van der Waals surface area (Å²) < 4.78 is 2.22. The van der Waals surface area contributed by atoms with Gasteiger partial charge < -0.3 is 9.88 Å². The summed E-state index contributed by atoms with van der Waals surface area (Å²) in [6, 6.07) is 9.22. The molecule has 1 atom stereocenters. The van der Waals surface area contributed by atoms with Gasteiger partial charge in [0.05, 0.1) is 0 Å². The molecule has 0 aliphatic rings. The van der Waals surface area contributed by atoms with Gasteiger partial charge in [0.2, 0.25) is 0 Å². The van der Waals surface area contributed by atoms with E-state index in [4.69, 9.17) is 0 Å². The Morgan fingerprint density at radius 2 is 1.85 bits per heavy atom. The smallest absolute Gasteiger partial charge is 0.0481 e. The van der Waals surface area contributed by atoms with Crippen molar-refractivity contribution in [3.63, 3.8) is 0 Å². The van der Waals surface area contributed by atoms with E-state index in [1.165, 1.54) is 35.7 Å². The second kappa shape index (κ2) is 6.94. The first-order valence-electron chi connectivity index (χ1n) is 7.84. The largest absolute Gasteiger partial charge is 0.350 e. The summed E-state index contributed by atoms with van der Waals surface area (Å²) in [5.41, 5.74) is 2.72. The highest BCUT2D eigenvalue weighted by molar-refractivity contribution is 5.83. The van der Waals surface area contributed by atoms with E-state index in [-0.39, 0.29) is 0 Å². The maximum Gasteiger partial charge on any atom is 0.0481 e. The molecule has 1 heterocycles. The van der Waals surface area contributed by atoms with Gasteiger partial charge in [-0.3, -0.25) is 0 Å². The third-order valence-electron chi connectivity index (χ3n) is 4.04. The van der Waals surface area contributed by atoms with E-state index in [0.717, 1.165) is 12.5 Å². The van der Waals surface area contributed by atoms with Gasteiger partial charge in [0.15, 0.2) is 0 Å². The van der Waals surface area contributed by atoms with Crippen LogP contribution in [0.2, 0.25) is 0 Å². The molecule has 0 bridgehead atoms. The van der Waals surface area contributed by atoms with Gasteiger partial charge in [0, 0.05) is 36.7 Å². The average molecular weight is 272 g/mol. The van der Waals surface area contributed by atoms with Gasteiger partial charge >= 0.3 is 0 Å².